The Morgan fingerprint density at radius 3 is 2.65 bits per heavy atom. The topological polar surface area (TPSA) is 46.1 Å². The van der Waals surface area contributed by atoms with E-state index in [0.717, 1.165) is 6.54 Å². The Labute approximate surface area is 103 Å². The first-order valence-corrected chi connectivity index (χ1v) is 6.12. The number of rotatable bonds is 6. The van der Waals surface area contributed by atoms with Crippen LogP contribution >= 0.6 is 0 Å². The molecule has 0 aromatic carbocycles. The van der Waals surface area contributed by atoms with Crippen molar-refractivity contribution in [2.24, 2.45) is 13.0 Å². The van der Waals surface area contributed by atoms with Gasteiger partial charge in [0.25, 0.3) is 0 Å². The van der Waals surface area contributed by atoms with E-state index in [-0.39, 0.29) is 11.9 Å². The maximum atomic E-state index is 11.7. The molecule has 0 spiro atoms. The molecule has 0 saturated heterocycles. The minimum absolute atomic E-state index is 0.0629. The smallest absolute Gasteiger partial charge is 0.236 e. The Morgan fingerprint density at radius 1 is 1.41 bits per heavy atom. The van der Waals surface area contributed by atoms with E-state index in [4.69, 9.17) is 0 Å². The SMILES string of the molecule is CC(C)CNC(=O)C(C)NCc1cccn1C. The molecule has 1 amide bonds. The van der Waals surface area contributed by atoms with Crippen LogP contribution in [0.5, 0.6) is 0 Å². The van der Waals surface area contributed by atoms with Crippen LogP contribution < -0.4 is 10.6 Å². The Bertz CT molecular complexity index is 357. The van der Waals surface area contributed by atoms with Crippen molar-refractivity contribution in [1.29, 1.82) is 0 Å². The molecular formula is C13H23N3O. The zero-order valence-electron chi connectivity index (χ0n) is 11.2. The summed E-state index contributed by atoms with van der Waals surface area (Å²) in [4.78, 5) is 11.7. The van der Waals surface area contributed by atoms with Crippen LogP contribution in [-0.4, -0.2) is 23.1 Å². The molecule has 1 aromatic heterocycles. The van der Waals surface area contributed by atoms with E-state index in [9.17, 15) is 4.79 Å². The van der Waals surface area contributed by atoms with Crippen LogP contribution in [0.25, 0.3) is 0 Å². The fraction of sp³-hybridized carbons (Fsp3) is 0.615. The molecule has 0 saturated carbocycles. The summed E-state index contributed by atoms with van der Waals surface area (Å²) in [5.74, 6) is 0.548. The summed E-state index contributed by atoms with van der Waals surface area (Å²) in [6, 6.07) is 3.88. The number of carbonyl (C=O) groups excluding carboxylic acids is 1. The molecule has 0 bridgehead atoms. The lowest BCUT2D eigenvalue weighted by Gasteiger charge is -2.15. The number of hydrogen-bond acceptors (Lipinski definition) is 2. The summed E-state index contributed by atoms with van der Waals surface area (Å²) >= 11 is 0. The monoisotopic (exact) mass is 237 g/mol. The van der Waals surface area contributed by atoms with Gasteiger partial charge in [0.05, 0.1) is 6.04 Å². The fourth-order valence-electron chi connectivity index (χ4n) is 1.49. The molecule has 0 aliphatic carbocycles. The minimum atomic E-state index is -0.163. The van der Waals surface area contributed by atoms with Crippen LogP contribution in [0, 0.1) is 5.92 Å². The Morgan fingerprint density at radius 2 is 2.12 bits per heavy atom. The lowest BCUT2D eigenvalue weighted by Crippen LogP contribution is -2.43. The van der Waals surface area contributed by atoms with Gasteiger partial charge in [-0.25, -0.2) is 0 Å². The summed E-state index contributed by atoms with van der Waals surface area (Å²) in [6.07, 6.45) is 2.00. The van der Waals surface area contributed by atoms with Gasteiger partial charge in [0.2, 0.25) is 5.91 Å². The van der Waals surface area contributed by atoms with Gasteiger partial charge in [-0.05, 0) is 25.0 Å². The van der Waals surface area contributed by atoms with Gasteiger partial charge in [-0.1, -0.05) is 13.8 Å². The average molecular weight is 237 g/mol. The molecule has 4 nitrogen and oxygen atoms in total. The van der Waals surface area contributed by atoms with Gasteiger partial charge in [0.1, 0.15) is 0 Å². The van der Waals surface area contributed by atoms with E-state index in [1.54, 1.807) is 0 Å². The predicted octanol–water partition coefficient (Wildman–Crippen LogP) is 1.28. The van der Waals surface area contributed by atoms with Gasteiger partial charge in [0.15, 0.2) is 0 Å². The molecule has 2 N–H and O–H groups in total. The third-order valence-electron chi connectivity index (χ3n) is 2.72. The number of aromatic nitrogens is 1. The highest BCUT2D eigenvalue weighted by molar-refractivity contribution is 5.81. The lowest BCUT2D eigenvalue weighted by atomic mass is 10.2. The van der Waals surface area contributed by atoms with Crippen LogP contribution in [0.4, 0.5) is 0 Å². The van der Waals surface area contributed by atoms with Crippen LogP contribution in [0.2, 0.25) is 0 Å². The first kappa shape index (κ1) is 13.8. The van der Waals surface area contributed by atoms with Crippen LogP contribution in [0.15, 0.2) is 18.3 Å². The lowest BCUT2D eigenvalue weighted by molar-refractivity contribution is -0.122. The van der Waals surface area contributed by atoms with Crippen molar-refractivity contribution < 1.29 is 4.79 Å². The van der Waals surface area contributed by atoms with E-state index >= 15 is 0 Å². The van der Waals surface area contributed by atoms with Gasteiger partial charge in [-0.3, -0.25) is 4.79 Å². The second-order valence-electron chi connectivity index (χ2n) is 4.85. The van der Waals surface area contributed by atoms with Gasteiger partial charge in [0, 0.05) is 32.0 Å². The Balaban J connectivity index is 2.31. The normalized spacial score (nSPS) is 12.8. The molecule has 1 heterocycles. The zero-order chi connectivity index (χ0) is 12.8. The number of carbonyl (C=O) groups is 1. The minimum Gasteiger partial charge on any atom is -0.354 e. The third-order valence-corrected chi connectivity index (χ3v) is 2.72. The highest BCUT2D eigenvalue weighted by Gasteiger charge is 2.12. The highest BCUT2D eigenvalue weighted by atomic mass is 16.2. The van der Waals surface area contributed by atoms with Crippen molar-refractivity contribution >= 4 is 5.91 Å². The van der Waals surface area contributed by atoms with Gasteiger partial charge >= 0.3 is 0 Å². The molecule has 0 aliphatic heterocycles. The molecule has 1 atom stereocenters. The summed E-state index contributed by atoms with van der Waals surface area (Å²) < 4.78 is 2.05. The van der Waals surface area contributed by atoms with E-state index in [0.29, 0.717) is 12.5 Å². The van der Waals surface area contributed by atoms with Crippen molar-refractivity contribution in [3.8, 4) is 0 Å². The van der Waals surface area contributed by atoms with Crippen molar-refractivity contribution in [3.05, 3.63) is 24.0 Å². The van der Waals surface area contributed by atoms with Crippen LogP contribution in [-0.2, 0) is 18.4 Å². The molecule has 0 radical (unpaired) electrons. The number of nitrogens with zero attached hydrogens (tertiary/aromatic N) is 1. The molecule has 1 rings (SSSR count). The molecule has 1 unspecified atom stereocenters. The quantitative estimate of drug-likeness (QED) is 0.783. The van der Waals surface area contributed by atoms with Crippen LogP contribution in [0.1, 0.15) is 26.5 Å². The molecule has 0 fully saturated rings. The van der Waals surface area contributed by atoms with Crippen molar-refractivity contribution in [2.75, 3.05) is 6.54 Å². The second-order valence-corrected chi connectivity index (χ2v) is 4.85. The molecule has 17 heavy (non-hydrogen) atoms. The first-order chi connectivity index (χ1) is 8.00. The van der Waals surface area contributed by atoms with Crippen molar-refractivity contribution in [3.63, 3.8) is 0 Å². The van der Waals surface area contributed by atoms with E-state index in [1.807, 2.05) is 36.9 Å². The standard InChI is InChI=1S/C13H23N3O/c1-10(2)8-15-13(17)11(3)14-9-12-6-5-7-16(12)4/h5-7,10-11,14H,8-9H2,1-4H3,(H,15,17). The highest BCUT2D eigenvalue weighted by Crippen LogP contribution is 1.99. The third kappa shape index (κ3) is 4.61. The molecule has 1 aromatic rings. The van der Waals surface area contributed by atoms with Crippen molar-refractivity contribution in [1.82, 2.24) is 15.2 Å². The number of nitrogens with one attached hydrogen (secondary N) is 2. The molecule has 4 heteroatoms. The summed E-state index contributed by atoms with van der Waals surface area (Å²) in [5.41, 5.74) is 1.17. The maximum Gasteiger partial charge on any atom is 0.236 e. The van der Waals surface area contributed by atoms with E-state index in [2.05, 4.69) is 24.5 Å². The van der Waals surface area contributed by atoms with E-state index < -0.39 is 0 Å². The molecular weight excluding hydrogens is 214 g/mol. The van der Waals surface area contributed by atoms with Gasteiger partial charge < -0.3 is 15.2 Å². The van der Waals surface area contributed by atoms with E-state index in [1.165, 1.54) is 5.69 Å². The first-order valence-electron chi connectivity index (χ1n) is 6.12. The second kappa shape index (κ2) is 6.45. The number of hydrogen-bond donors (Lipinski definition) is 2. The summed E-state index contributed by atoms with van der Waals surface area (Å²) in [6.45, 7) is 7.50. The maximum absolute atomic E-state index is 11.7. The Kier molecular flexibility index (Phi) is 5.22. The number of amides is 1. The number of aryl methyl sites for hydroxylation is 1. The zero-order valence-corrected chi connectivity index (χ0v) is 11.2. The predicted molar refractivity (Wildman–Crippen MR) is 69.6 cm³/mol. The van der Waals surface area contributed by atoms with Gasteiger partial charge in [-0.15, -0.1) is 0 Å². The average Bonchev–Trinajstić information content (AvgIpc) is 2.68. The fourth-order valence-corrected chi connectivity index (χ4v) is 1.49. The van der Waals surface area contributed by atoms with Gasteiger partial charge in [-0.2, -0.15) is 0 Å². The summed E-state index contributed by atoms with van der Waals surface area (Å²) in [5, 5.41) is 6.13. The Hall–Kier alpha value is -1.29. The molecule has 0 aliphatic rings. The van der Waals surface area contributed by atoms with Crippen molar-refractivity contribution in [2.45, 2.75) is 33.4 Å². The van der Waals surface area contributed by atoms with Crippen LogP contribution in [0.3, 0.4) is 0 Å². The summed E-state index contributed by atoms with van der Waals surface area (Å²) in [7, 11) is 2.00. The largest absolute Gasteiger partial charge is 0.354 e. The molecule has 96 valence electrons.